The second-order valence-electron chi connectivity index (χ2n) is 6.60. The third-order valence-electron chi connectivity index (χ3n) is 4.91. The zero-order chi connectivity index (χ0) is 17.9. The summed E-state index contributed by atoms with van der Waals surface area (Å²) in [5, 5.41) is 4.38. The molecule has 26 heavy (non-hydrogen) atoms. The van der Waals surface area contributed by atoms with Crippen molar-refractivity contribution in [2.45, 2.75) is 25.4 Å². The molecule has 0 fully saturated rings. The minimum atomic E-state index is -0.255. The van der Waals surface area contributed by atoms with Crippen LogP contribution in [0.15, 0.2) is 67.0 Å². The maximum atomic E-state index is 13.0. The average molecular weight is 349 g/mol. The van der Waals surface area contributed by atoms with Gasteiger partial charge in [0.25, 0.3) is 0 Å². The number of halogens is 1. The fourth-order valence-corrected chi connectivity index (χ4v) is 3.52. The molecule has 1 aromatic heterocycles. The van der Waals surface area contributed by atoms with Gasteiger partial charge in [-0.1, -0.05) is 36.4 Å². The molecule has 1 aliphatic heterocycles. The van der Waals surface area contributed by atoms with E-state index in [4.69, 9.17) is 0 Å². The molecular weight excluding hydrogens is 329 g/mol. The lowest BCUT2D eigenvalue weighted by Gasteiger charge is -2.35. The number of fused-ring (bicyclic) bond motifs is 1. The second kappa shape index (κ2) is 7.12. The highest BCUT2D eigenvalue weighted by atomic mass is 19.1. The van der Waals surface area contributed by atoms with E-state index in [0.717, 1.165) is 11.1 Å². The standard InChI is InChI=1S/C21H20FN3O/c22-18-9-6-16(7-10-18)8-11-21(26)24-14-17-4-1-2-5-19(17)20(15-24)25-13-3-12-23-25/h1-7,9-10,12-13,20H,8,11,14-15H2/t20-/m1/s1. The summed E-state index contributed by atoms with van der Waals surface area (Å²) in [6.07, 6.45) is 4.73. The van der Waals surface area contributed by atoms with Gasteiger partial charge in [-0.2, -0.15) is 5.10 Å². The summed E-state index contributed by atoms with van der Waals surface area (Å²) in [7, 11) is 0. The topological polar surface area (TPSA) is 38.1 Å². The van der Waals surface area contributed by atoms with Crippen LogP contribution in [0.4, 0.5) is 4.39 Å². The van der Waals surface area contributed by atoms with Crippen LogP contribution in [0, 0.1) is 5.82 Å². The predicted molar refractivity (Wildman–Crippen MR) is 96.9 cm³/mol. The molecule has 0 radical (unpaired) electrons. The van der Waals surface area contributed by atoms with E-state index < -0.39 is 0 Å². The van der Waals surface area contributed by atoms with E-state index >= 15 is 0 Å². The first-order chi connectivity index (χ1) is 12.7. The minimum absolute atomic E-state index is 0.0321. The largest absolute Gasteiger partial charge is 0.336 e. The van der Waals surface area contributed by atoms with Gasteiger partial charge >= 0.3 is 0 Å². The van der Waals surface area contributed by atoms with E-state index in [9.17, 15) is 9.18 Å². The van der Waals surface area contributed by atoms with E-state index in [0.29, 0.717) is 25.9 Å². The third-order valence-corrected chi connectivity index (χ3v) is 4.91. The lowest BCUT2D eigenvalue weighted by Crippen LogP contribution is -2.40. The van der Waals surface area contributed by atoms with E-state index in [1.165, 1.54) is 17.7 Å². The van der Waals surface area contributed by atoms with E-state index in [1.807, 2.05) is 34.0 Å². The van der Waals surface area contributed by atoms with Crippen LogP contribution in [0.1, 0.15) is 29.2 Å². The molecule has 3 aromatic rings. The first-order valence-electron chi connectivity index (χ1n) is 8.80. The Kier molecular flexibility index (Phi) is 4.52. The van der Waals surface area contributed by atoms with E-state index in [2.05, 4.69) is 17.2 Å². The smallest absolute Gasteiger partial charge is 0.223 e. The normalized spacial score (nSPS) is 16.3. The van der Waals surface area contributed by atoms with Crippen LogP contribution in [-0.4, -0.2) is 27.1 Å². The molecule has 0 unspecified atom stereocenters. The van der Waals surface area contributed by atoms with Gasteiger partial charge in [-0.25, -0.2) is 4.39 Å². The summed E-state index contributed by atoms with van der Waals surface area (Å²) in [4.78, 5) is 14.7. The molecule has 0 saturated heterocycles. The SMILES string of the molecule is O=C(CCc1ccc(F)cc1)N1Cc2ccccc2[C@H](n2cccn2)C1. The van der Waals surface area contributed by atoms with Crippen LogP contribution in [0.25, 0.3) is 0 Å². The van der Waals surface area contributed by atoms with Crippen LogP contribution in [0.3, 0.4) is 0 Å². The van der Waals surface area contributed by atoms with Crippen molar-refractivity contribution in [2.24, 2.45) is 0 Å². The number of carbonyl (C=O) groups is 1. The Hall–Kier alpha value is -2.95. The van der Waals surface area contributed by atoms with Crippen LogP contribution in [0.5, 0.6) is 0 Å². The summed E-state index contributed by atoms with van der Waals surface area (Å²) in [6.45, 7) is 1.23. The number of aromatic nitrogens is 2. The summed E-state index contributed by atoms with van der Waals surface area (Å²) in [5.74, 6) is -0.143. The average Bonchev–Trinajstić information content (AvgIpc) is 3.21. The second-order valence-corrected chi connectivity index (χ2v) is 6.60. The van der Waals surface area contributed by atoms with Crippen LogP contribution >= 0.6 is 0 Å². The summed E-state index contributed by atoms with van der Waals surface area (Å²) < 4.78 is 14.9. The molecule has 5 heteroatoms. The molecule has 1 atom stereocenters. The monoisotopic (exact) mass is 349 g/mol. The first kappa shape index (κ1) is 16.5. The number of rotatable bonds is 4. The van der Waals surface area contributed by atoms with Gasteiger partial charge in [0.15, 0.2) is 0 Å². The van der Waals surface area contributed by atoms with Gasteiger partial charge < -0.3 is 4.90 Å². The molecule has 1 aliphatic rings. The van der Waals surface area contributed by atoms with Gasteiger partial charge in [-0.05, 0) is 41.3 Å². The summed E-state index contributed by atoms with van der Waals surface area (Å²) >= 11 is 0. The van der Waals surface area contributed by atoms with Crippen LogP contribution < -0.4 is 0 Å². The molecule has 2 heterocycles. The van der Waals surface area contributed by atoms with Crippen molar-refractivity contribution in [3.63, 3.8) is 0 Å². The maximum Gasteiger partial charge on any atom is 0.223 e. The Morgan fingerprint density at radius 2 is 1.92 bits per heavy atom. The summed E-state index contributed by atoms with van der Waals surface area (Å²) in [6, 6.07) is 16.5. The van der Waals surface area contributed by atoms with Crippen molar-refractivity contribution in [1.82, 2.24) is 14.7 Å². The number of nitrogens with zero attached hydrogens (tertiary/aromatic N) is 3. The molecule has 132 valence electrons. The highest BCUT2D eigenvalue weighted by molar-refractivity contribution is 5.77. The highest BCUT2D eigenvalue weighted by Gasteiger charge is 2.29. The quantitative estimate of drug-likeness (QED) is 0.722. The number of benzene rings is 2. The fraction of sp³-hybridized carbons (Fsp3) is 0.238. The van der Waals surface area contributed by atoms with E-state index in [-0.39, 0.29) is 17.8 Å². The molecule has 0 N–H and O–H groups in total. The van der Waals surface area contributed by atoms with Gasteiger partial charge in [-0.15, -0.1) is 0 Å². The number of hydrogen-bond donors (Lipinski definition) is 0. The van der Waals surface area contributed by atoms with Crippen molar-refractivity contribution in [3.8, 4) is 0 Å². The zero-order valence-electron chi connectivity index (χ0n) is 14.4. The third kappa shape index (κ3) is 3.38. The lowest BCUT2D eigenvalue weighted by molar-refractivity contribution is -0.132. The van der Waals surface area contributed by atoms with Crippen molar-refractivity contribution in [2.75, 3.05) is 6.54 Å². The molecule has 0 bridgehead atoms. The molecule has 1 amide bonds. The van der Waals surface area contributed by atoms with Crippen LogP contribution in [0.2, 0.25) is 0 Å². The summed E-state index contributed by atoms with van der Waals surface area (Å²) in [5.41, 5.74) is 3.36. The molecule has 0 spiro atoms. The highest BCUT2D eigenvalue weighted by Crippen LogP contribution is 2.29. The zero-order valence-corrected chi connectivity index (χ0v) is 14.4. The van der Waals surface area contributed by atoms with E-state index in [1.54, 1.807) is 18.3 Å². The Balaban J connectivity index is 1.50. The minimum Gasteiger partial charge on any atom is -0.336 e. The van der Waals surface area contributed by atoms with Crippen molar-refractivity contribution in [1.29, 1.82) is 0 Å². The fourth-order valence-electron chi connectivity index (χ4n) is 3.52. The molecular formula is C21H20FN3O. The van der Waals surface area contributed by atoms with Crippen molar-refractivity contribution < 1.29 is 9.18 Å². The van der Waals surface area contributed by atoms with Gasteiger partial charge in [-0.3, -0.25) is 9.48 Å². The molecule has 2 aromatic carbocycles. The van der Waals surface area contributed by atoms with Crippen molar-refractivity contribution >= 4 is 5.91 Å². The number of hydrogen-bond acceptors (Lipinski definition) is 2. The molecule has 4 rings (SSSR count). The van der Waals surface area contributed by atoms with Crippen molar-refractivity contribution in [3.05, 3.63) is 89.5 Å². The lowest BCUT2D eigenvalue weighted by atomic mass is 9.95. The van der Waals surface area contributed by atoms with Gasteiger partial charge in [0, 0.05) is 31.9 Å². The molecule has 0 saturated carbocycles. The Labute approximate surface area is 151 Å². The number of amides is 1. The Morgan fingerprint density at radius 3 is 2.69 bits per heavy atom. The first-order valence-corrected chi connectivity index (χ1v) is 8.80. The van der Waals surface area contributed by atoms with Gasteiger partial charge in [0.2, 0.25) is 5.91 Å². The number of carbonyl (C=O) groups excluding carboxylic acids is 1. The van der Waals surface area contributed by atoms with Gasteiger partial charge in [0.05, 0.1) is 6.04 Å². The Bertz CT molecular complexity index is 890. The molecule has 4 nitrogen and oxygen atoms in total. The number of aryl methyl sites for hydroxylation is 1. The maximum absolute atomic E-state index is 13.0. The predicted octanol–water partition coefficient (Wildman–Crippen LogP) is 3.59. The van der Waals surface area contributed by atoms with Crippen LogP contribution in [-0.2, 0) is 17.8 Å². The Morgan fingerprint density at radius 1 is 1.12 bits per heavy atom. The van der Waals surface area contributed by atoms with Gasteiger partial charge in [0.1, 0.15) is 5.82 Å². The molecule has 0 aliphatic carbocycles.